The molecule has 0 atom stereocenters. The molecule has 1 aliphatic rings. The molecule has 154 valence electrons. The van der Waals surface area contributed by atoms with Gasteiger partial charge in [0.1, 0.15) is 5.03 Å². The van der Waals surface area contributed by atoms with Gasteiger partial charge in [-0.3, -0.25) is 4.79 Å². The predicted molar refractivity (Wildman–Crippen MR) is 121 cm³/mol. The summed E-state index contributed by atoms with van der Waals surface area (Å²) in [4.78, 5) is 29.3. The number of anilines is 1. The van der Waals surface area contributed by atoms with Crippen molar-refractivity contribution >= 4 is 51.8 Å². The van der Waals surface area contributed by atoms with Crippen LogP contribution in [0.2, 0.25) is 5.02 Å². The van der Waals surface area contributed by atoms with E-state index in [0.717, 1.165) is 41.6 Å². The summed E-state index contributed by atoms with van der Waals surface area (Å²) in [5.74, 6) is -0.490. The Bertz CT molecular complexity index is 1130. The van der Waals surface area contributed by atoms with Crippen LogP contribution < -0.4 is 5.32 Å². The number of pyridine rings is 1. The fourth-order valence-electron chi connectivity index (χ4n) is 3.79. The average Bonchev–Trinajstić information content (AvgIpc) is 2.77. The lowest BCUT2D eigenvalue weighted by atomic mass is 9.90. The Hall–Kier alpha value is -2.57. The molecular weight excluding hydrogens is 420 g/mol. The minimum Gasteiger partial charge on any atom is -0.465 e. The topological polar surface area (TPSA) is 68.3 Å². The molecule has 0 aliphatic heterocycles. The van der Waals surface area contributed by atoms with Gasteiger partial charge in [-0.2, -0.15) is 0 Å². The smallest absolute Gasteiger partial charge is 0.339 e. The number of esters is 1. The minimum atomic E-state index is -0.485. The van der Waals surface area contributed by atoms with Gasteiger partial charge in [-0.05, 0) is 61.1 Å². The number of aromatic nitrogens is 1. The van der Waals surface area contributed by atoms with E-state index in [1.165, 1.54) is 30.0 Å². The second-order valence-electron chi connectivity index (χ2n) is 7.12. The van der Waals surface area contributed by atoms with Gasteiger partial charge < -0.3 is 10.1 Å². The molecule has 1 heterocycles. The summed E-state index contributed by atoms with van der Waals surface area (Å²) in [5, 5.41) is 5.50. The number of halogens is 1. The molecule has 1 N–H and O–H groups in total. The largest absolute Gasteiger partial charge is 0.465 e. The maximum Gasteiger partial charge on any atom is 0.339 e. The number of ether oxygens (including phenoxy) is 1. The van der Waals surface area contributed by atoms with Crippen molar-refractivity contribution in [1.82, 2.24) is 4.98 Å². The van der Waals surface area contributed by atoms with E-state index in [4.69, 9.17) is 21.3 Å². The number of fused-ring (bicyclic) bond motifs is 3. The highest BCUT2D eigenvalue weighted by Gasteiger charge is 2.20. The van der Waals surface area contributed by atoms with Crippen LogP contribution >= 0.6 is 23.4 Å². The summed E-state index contributed by atoms with van der Waals surface area (Å²) in [5.41, 5.74) is 4.19. The first-order chi connectivity index (χ1) is 14.6. The second kappa shape index (κ2) is 9.06. The van der Waals surface area contributed by atoms with Gasteiger partial charge in [0, 0.05) is 10.4 Å². The lowest BCUT2D eigenvalue weighted by Crippen LogP contribution is -2.17. The number of para-hydroxylation sites is 1. The number of thioether (sulfide) groups is 1. The summed E-state index contributed by atoms with van der Waals surface area (Å²) in [7, 11) is 1.32. The average molecular weight is 441 g/mol. The normalized spacial score (nSPS) is 13.0. The molecule has 0 spiro atoms. The van der Waals surface area contributed by atoms with Crippen LogP contribution in [-0.4, -0.2) is 29.7 Å². The molecule has 5 nitrogen and oxygen atoms in total. The van der Waals surface area contributed by atoms with Gasteiger partial charge >= 0.3 is 5.97 Å². The Morgan fingerprint density at radius 3 is 2.70 bits per heavy atom. The molecule has 0 unspecified atom stereocenters. The van der Waals surface area contributed by atoms with E-state index in [-0.39, 0.29) is 11.7 Å². The van der Waals surface area contributed by atoms with Gasteiger partial charge in [0.05, 0.1) is 29.6 Å². The highest BCUT2D eigenvalue weighted by molar-refractivity contribution is 8.00. The molecule has 1 amide bonds. The number of hydrogen-bond acceptors (Lipinski definition) is 5. The van der Waals surface area contributed by atoms with Crippen molar-refractivity contribution in [2.24, 2.45) is 0 Å². The first-order valence-corrected chi connectivity index (χ1v) is 11.1. The monoisotopic (exact) mass is 440 g/mol. The van der Waals surface area contributed by atoms with Crippen molar-refractivity contribution in [3.05, 3.63) is 64.2 Å². The SMILES string of the molecule is COC(=O)c1ccccc1NC(=O)CSc1nc2cc(Cl)ccc2c2c1CCCC2. The zero-order chi connectivity index (χ0) is 21.1. The maximum absolute atomic E-state index is 12.6. The number of aryl methyl sites for hydroxylation is 1. The van der Waals surface area contributed by atoms with Crippen molar-refractivity contribution < 1.29 is 14.3 Å². The molecule has 1 aliphatic carbocycles. The minimum absolute atomic E-state index is 0.195. The number of nitrogens with zero attached hydrogens (tertiary/aromatic N) is 1. The van der Waals surface area contributed by atoms with Crippen molar-refractivity contribution in [3.8, 4) is 0 Å². The van der Waals surface area contributed by atoms with Crippen LogP contribution in [-0.2, 0) is 22.4 Å². The van der Waals surface area contributed by atoms with E-state index < -0.39 is 5.97 Å². The van der Waals surface area contributed by atoms with E-state index >= 15 is 0 Å². The molecular formula is C23H21ClN2O3S. The van der Waals surface area contributed by atoms with Crippen LogP contribution in [0.5, 0.6) is 0 Å². The van der Waals surface area contributed by atoms with Gasteiger partial charge in [0.15, 0.2) is 0 Å². The number of amides is 1. The lowest BCUT2D eigenvalue weighted by Gasteiger charge is -2.21. The molecule has 3 aromatic rings. The molecule has 7 heteroatoms. The van der Waals surface area contributed by atoms with Crippen LogP contribution in [0.1, 0.15) is 34.3 Å². The van der Waals surface area contributed by atoms with E-state index in [2.05, 4.69) is 5.32 Å². The fourth-order valence-corrected chi connectivity index (χ4v) is 4.86. The lowest BCUT2D eigenvalue weighted by molar-refractivity contribution is -0.113. The zero-order valence-electron chi connectivity index (χ0n) is 16.5. The molecule has 1 aromatic heterocycles. The number of carbonyl (C=O) groups excluding carboxylic acids is 2. The van der Waals surface area contributed by atoms with Gasteiger partial charge in [-0.1, -0.05) is 41.6 Å². The van der Waals surface area contributed by atoms with E-state index in [1.54, 1.807) is 24.3 Å². The third-order valence-corrected chi connectivity index (χ3v) is 6.43. The van der Waals surface area contributed by atoms with Crippen molar-refractivity contribution in [1.29, 1.82) is 0 Å². The Morgan fingerprint density at radius 1 is 1.13 bits per heavy atom. The molecule has 0 radical (unpaired) electrons. The Balaban J connectivity index is 1.56. The first-order valence-electron chi connectivity index (χ1n) is 9.78. The van der Waals surface area contributed by atoms with Crippen LogP contribution in [0.4, 0.5) is 5.69 Å². The Labute approximate surface area is 184 Å². The van der Waals surface area contributed by atoms with E-state index in [1.807, 2.05) is 18.2 Å². The molecule has 2 aromatic carbocycles. The number of hydrogen-bond donors (Lipinski definition) is 1. The maximum atomic E-state index is 12.6. The second-order valence-corrected chi connectivity index (χ2v) is 8.52. The molecule has 0 fully saturated rings. The van der Waals surface area contributed by atoms with Crippen LogP contribution in [0.3, 0.4) is 0 Å². The number of methoxy groups -OCH3 is 1. The summed E-state index contributed by atoms with van der Waals surface area (Å²) in [6.07, 6.45) is 4.27. The highest BCUT2D eigenvalue weighted by atomic mass is 35.5. The van der Waals surface area contributed by atoms with Crippen LogP contribution in [0, 0.1) is 0 Å². The van der Waals surface area contributed by atoms with Crippen molar-refractivity contribution in [2.75, 3.05) is 18.2 Å². The third-order valence-electron chi connectivity index (χ3n) is 5.18. The van der Waals surface area contributed by atoms with Gasteiger partial charge in [-0.25, -0.2) is 9.78 Å². The molecule has 30 heavy (non-hydrogen) atoms. The predicted octanol–water partition coefficient (Wildman–Crippen LogP) is 5.28. The molecule has 0 bridgehead atoms. The first kappa shape index (κ1) is 20.7. The third kappa shape index (κ3) is 4.30. The summed E-state index contributed by atoms with van der Waals surface area (Å²) >= 11 is 7.60. The molecule has 4 rings (SSSR count). The van der Waals surface area contributed by atoms with Gasteiger partial charge in [0.25, 0.3) is 0 Å². The summed E-state index contributed by atoms with van der Waals surface area (Å²) < 4.78 is 4.78. The van der Waals surface area contributed by atoms with Crippen molar-refractivity contribution in [2.45, 2.75) is 30.7 Å². The number of benzene rings is 2. The van der Waals surface area contributed by atoms with Crippen LogP contribution in [0.15, 0.2) is 47.5 Å². The Kier molecular flexibility index (Phi) is 6.25. The quantitative estimate of drug-likeness (QED) is 0.431. The summed E-state index contributed by atoms with van der Waals surface area (Å²) in [6.45, 7) is 0. The van der Waals surface area contributed by atoms with Gasteiger partial charge in [0.2, 0.25) is 5.91 Å². The number of rotatable bonds is 5. The zero-order valence-corrected chi connectivity index (χ0v) is 18.1. The van der Waals surface area contributed by atoms with Gasteiger partial charge in [-0.15, -0.1) is 0 Å². The fraction of sp³-hybridized carbons (Fsp3) is 0.261. The van der Waals surface area contributed by atoms with E-state index in [9.17, 15) is 9.59 Å². The highest BCUT2D eigenvalue weighted by Crippen LogP contribution is 2.35. The van der Waals surface area contributed by atoms with E-state index in [0.29, 0.717) is 16.3 Å². The molecule has 0 saturated carbocycles. The standard InChI is InChI=1S/C23H21ClN2O3S/c1-29-23(28)18-8-4-5-9-19(18)25-21(27)13-30-22-17-7-3-2-6-15(17)16-11-10-14(24)12-20(16)26-22/h4-5,8-12H,2-3,6-7,13H2,1H3,(H,25,27). The van der Waals surface area contributed by atoms with Crippen molar-refractivity contribution in [3.63, 3.8) is 0 Å². The van der Waals surface area contributed by atoms with Crippen LogP contribution in [0.25, 0.3) is 10.9 Å². The molecule has 0 saturated heterocycles. The number of carbonyl (C=O) groups is 2. The number of nitrogens with one attached hydrogen (secondary N) is 1. The Morgan fingerprint density at radius 2 is 1.90 bits per heavy atom. The summed E-state index contributed by atoms with van der Waals surface area (Å²) in [6, 6.07) is 12.6.